The molecule has 0 N–H and O–H groups in total. The van der Waals surface area contributed by atoms with Crippen molar-refractivity contribution >= 4 is 44.4 Å². The third-order valence-corrected chi connectivity index (χ3v) is 13.7. The van der Waals surface area contributed by atoms with Crippen LogP contribution in [0.2, 0.25) is 0 Å². The molecule has 0 saturated carbocycles. The molecule has 1 aliphatic carbocycles. The molecule has 0 radical (unpaired) electrons. The molecule has 5 aromatic carbocycles. The molecule has 1 atom stereocenters. The largest absolute Gasteiger partial charge is 3.00 e. The van der Waals surface area contributed by atoms with Crippen molar-refractivity contribution in [2.75, 3.05) is 16.8 Å². The minimum absolute atomic E-state index is 0. The summed E-state index contributed by atoms with van der Waals surface area (Å²) in [6.07, 6.45) is 2.04. The Hall–Kier alpha value is -4.44. The number of fused-ring (bicyclic) bond motifs is 7. The second-order valence-electron chi connectivity index (χ2n) is 17.5. The first-order valence-corrected chi connectivity index (χ1v) is 18.9. The van der Waals surface area contributed by atoms with Crippen molar-refractivity contribution < 1.29 is 24.2 Å². The van der Waals surface area contributed by atoms with Crippen molar-refractivity contribution in [2.45, 2.75) is 89.8 Å². The van der Waals surface area contributed by atoms with Gasteiger partial charge >= 0.3 is 20.1 Å². The van der Waals surface area contributed by atoms with Gasteiger partial charge in [0, 0.05) is 43.1 Å². The van der Waals surface area contributed by atoms with Crippen LogP contribution in [-0.4, -0.2) is 16.4 Å². The van der Waals surface area contributed by atoms with Gasteiger partial charge in [0.15, 0.2) is 0 Å². The maximum Gasteiger partial charge on any atom is 3.00 e. The Morgan fingerprint density at radius 1 is 0.778 bits per heavy atom. The van der Waals surface area contributed by atoms with E-state index in [0.717, 1.165) is 45.9 Å². The van der Waals surface area contributed by atoms with Crippen LogP contribution in [-0.2, 0) is 41.8 Å². The zero-order chi connectivity index (χ0) is 39.3. The van der Waals surface area contributed by atoms with Gasteiger partial charge in [0.1, 0.15) is 0 Å². The fraction of sp³-hybridized carbons (Fsp3) is 0.306. The summed E-state index contributed by atoms with van der Waals surface area (Å²) < 4.78 is 27.6. The van der Waals surface area contributed by atoms with Gasteiger partial charge in [0.25, 0.3) is 0 Å². The number of nitrogens with zero attached hydrogens (tertiary/aromatic N) is 4. The van der Waals surface area contributed by atoms with Crippen LogP contribution in [0, 0.1) is 25.7 Å². The normalized spacial score (nSPS) is 21.4. The Morgan fingerprint density at radius 2 is 1.52 bits per heavy atom. The number of imidazole rings is 1. The Morgan fingerprint density at radius 3 is 2.33 bits per heavy atom. The zero-order valence-electron chi connectivity index (χ0n) is 35.3. The van der Waals surface area contributed by atoms with E-state index < -0.39 is 6.85 Å². The third-order valence-electron chi connectivity index (χ3n) is 13.7. The summed E-state index contributed by atoms with van der Waals surface area (Å²) in [7, 11) is 2.10. The Bertz CT molecular complexity index is 2810. The minimum atomic E-state index is -2.23. The molecule has 5 heterocycles. The van der Waals surface area contributed by atoms with Gasteiger partial charge in [-0.1, -0.05) is 108 Å². The van der Waals surface area contributed by atoms with E-state index in [2.05, 4.69) is 149 Å². The van der Waals surface area contributed by atoms with Gasteiger partial charge in [-0.05, 0) is 65.7 Å². The van der Waals surface area contributed by atoms with Gasteiger partial charge in [0.2, 0.25) is 0 Å². The molecule has 4 aliphatic rings. The van der Waals surface area contributed by atoms with Crippen LogP contribution < -0.4 is 9.80 Å². The van der Waals surface area contributed by atoms with E-state index in [9.17, 15) is 0 Å². The van der Waals surface area contributed by atoms with Gasteiger partial charge < -0.3 is 14.2 Å². The van der Waals surface area contributed by atoms with Gasteiger partial charge in [-0.3, -0.25) is 4.98 Å². The van der Waals surface area contributed by atoms with Gasteiger partial charge in [-0.2, -0.15) is 30.9 Å². The van der Waals surface area contributed by atoms with E-state index in [1.165, 1.54) is 50.6 Å². The number of pyridine rings is 1. The summed E-state index contributed by atoms with van der Waals surface area (Å²) in [5, 5.41) is 2.59. The second kappa shape index (κ2) is 11.5. The molecule has 54 heavy (non-hydrogen) atoms. The molecule has 7 aromatic rings. The third kappa shape index (κ3) is 4.37. The first-order chi connectivity index (χ1) is 26.5. The van der Waals surface area contributed by atoms with Crippen LogP contribution in [0.3, 0.4) is 0 Å². The first kappa shape index (κ1) is 31.9. The summed E-state index contributed by atoms with van der Waals surface area (Å²) in [6, 6.07) is 38.2. The number of rotatable bonds is 0. The van der Waals surface area contributed by atoms with E-state index in [-0.39, 0.29) is 41.8 Å². The SMILES string of the molecule is CN1[CH-]N2c3[c-]cccc3C(C)(C)c3cccc1c32.[2H]C([2H])([2H])c1ccc2c3c1c1ccc[c-]c1c1nc4c(n13)C(C)(CCC(C)(C)c1ccccc1-4)C2(C)C.[Ir+3]. The second-order valence-corrected chi connectivity index (χ2v) is 17.5. The topological polar surface area (TPSA) is 23.8 Å². The van der Waals surface area contributed by atoms with E-state index in [0.29, 0.717) is 5.56 Å². The van der Waals surface area contributed by atoms with Crippen molar-refractivity contribution in [3.8, 4) is 11.3 Å². The van der Waals surface area contributed by atoms with Crippen LogP contribution >= 0.6 is 0 Å². The number of benzene rings is 5. The summed E-state index contributed by atoms with van der Waals surface area (Å²) in [4.78, 5) is 9.87. The maximum absolute atomic E-state index is 8.41. The molecule has 4 nitrogen and oxygen atoms in total. The van der Waals surface area contributed by atoms with Crippen LogP contribution in [0.5, 0.6) is 0 Å². The molecule has 0 amide bonds. The number of hydrogen-bond donors (Lipinski definition) is 0. The minimum Gasteiger partial charge on any atom is -0.504 e. The average molecular weight is 887 g/mol. The fourth-order valence-corrected chi connectivity index (χ4v) is 10.2. The number of aromatic nitrogens is 2. The van der Waals surface area contributed by atoms with Crippen molar-refractivity contribution in [3.05, 3.63) is 143 Å². The Balaban J connectivity index is 0.000000177. The van der Waals surface area contributed by atoms with Gasteiger partial charge in [0.05, 0.1) is 11.3 Å². The molecule has 272 valence electrons. The van der Waals surface area contributed by atoms with E-state index in [1.54, 1.807) is 0 Å². The summed E-state index contributed by atoms with van der Waals surface area (Å²) in [5.41, 5.74) is 14.2. The number of anilines is 3. The molecule has 2 aromatic heterocycles. The number of para-hydroxylation sites is 2. The molecule has 5 heteroatoms. The van der Waals surface area contributed by atoms with Crippen molar-refractivity contribution in [1.82, 2.24) is 9.38 Å². The Kier molecular flexibility index (Phi) is 6.81. The number of aryl methyl sites for hydroxylation is 1. The Labute approximate surface area is 337 Å². The van der Waals surface area contributed by atoms with Gasteiger partial charge in [-0.25, -0.2) is 0 Å². The van der Waals surface area contributed by atoms with Gasteiger partial charge in [-0.15, -0.1) is 40.9 Å². The molecular weight excluding hydrogens is 837 g/mol. The van der Waals surface area contributed by atoms with Crippen molar-refractivity contribution in [1.29, 1.82) is 0 Å². The average Bonchev–Trinajstić information content (AvgIpc) is 3.74. The predicted octanol–water partition coefficient (Wildman–Crippen LogP) is 11.9. The van der Waals surface area contributed by atoms with Crippen molar-refractivity contribution in [2.24, 2.45) is 0 Å². The first-order valence-electron chi connectivity index (χ1n) is 20.4. The number of hydrogen-bond acceptors (Lipinski definition) is 3. The standard InChI is InChI=1S/C32H31N2.C17H16N2.Ir/c1-19-15-16-24-27-25(19)20-11-7-8-12-21(20)29-33-26-22-13-9-10-14-23(22)30(2,3)17-18-32(6,31(24,4)5)28(26)34(27)29;1-17(2)12-7-4-5-9-14(12)19-11-18(3)15-10-6-8-13(17)16(15)19;/h7-11,13-16H,17-18H2,1-6H3;4-8,10-11H,1-3H3;/q-1;-2;+3/i1D3;;. The van der Waals surface area contributed by atoms with Crippen LogP contribution in [0.1, 0.15) is 98.9 Å². The molecule has 0 saturated heterocycles. The smallest absolute Gasteiger partial charge is 0.504 e. The molecule has 3 aliphatic heterocycles. The monoisotopic (exact) mass is 887 g/mol. The van der Waals surface area contributed by atoms with Crippen LogP contribution in [0.15, 0.2) is 91.0 Å². The quantitative estimate of drug-likeness (QED) is 0.112. The summed E-state index contributed by atoms with van der Waals surface area (Å²) in [6.45, 7) is 16.3. The zero-order valence-corrected chi connectivity index (χ0v) is 34.7. The molecule has 0 spiro atoms. The molecule has 11 rings (SSSR count). The van der Waals surface area contributed by atoms with E-state index in [4.69, 9.17) is 9.10 Å². The van der Waals surface area contributed by atoms with Crippen LogP contribution in [0.25, 0.3) is 38.6 Å². The van der Waals surface area contributed by atoms with Crippen LogP contribution in [0.4, 0.5) is 17.1 Å². The molecular formula is C49H47IrN4. The molecule has 1 unspecified atom stereocenters. The molecule has 0 bridgehead atoms. The van der Waals surface area contributed by atoms with Crippen molar-refractivity contribution in [3.63, 3.8) is 0 Å². The van der Waals surface area contributed by atoms with E-state index >= 15 is 0 Å². The maximum atomic E-state index is 8.41. The fourth-order valence-electron chi connectivity index (χ4n) is 10.2. The van der Waals surface area contributed by atoms with E-state index in [1.807, 2.05) is 30.3 Å². The molecule has 0 fully saturated rings. The summed E-state index contributed by atoms with van der Waals surface area (Å²) in [5.74, 6) is 0. The summed E-state index contributed by atoms with van der Waals surface area (Å²) >= 11 is 0. The predicted molar refractivity (Wildman–Crippen MR) is 221 cm³/mol.